The third-order valence-corrected chi connectivity index (χ3v) is 4.09. The van der Waals surface area contributed by atoms with Crippen LogP contribution in [0.2, 0.25) is 0 Å². The predicted molar refractivity (Wildman–Crippen MR) is 93.7 cm³/mol. The van der Waals surface area contributed by atoms with Gasteiger partial charge in [-0.1, -0.05) is 42.5 Å². The summed E-state index contributed by atoms with van der Waals surface area (Å²) in [6.07, 6.45) is 3.24. The molecular weight excluding hydrogens is 308 g/mol. The van der Waals surface area contributed by atoms with E-state index in [2.05, 4.69) is 10.3 Å². The van der Waals surface area contributed by atoms with Crippen molar-refractivity contribution in [3.63, 3.8) is 0 Å². The van der Waals surface area contributed by atoms with Gasteiger partial charge in [-0.25, -0.2) is 4.98 Å². The number of carbonyl (C=O) groups excluding carboxylic acids is 2. The lowest BCUT2D eigenvalue weighted by molar-refractivity contribution is -0.111. The Labute approximate surface area is 137 Å². The van der Waals surface area contributed by atoms with Crippen LogP contribution in [-0.2, 0) is 4.79 Å². The van der Waals surface area contributed by atoms with Crippen LogP contribution in [0.1, 0.15) is 23.0 Å². The van der Waals surface area contributed by atoms with Crippen molar-refractivity contribution in [1.82, 2.24) is 4.98 Å². The largest absolute Gasteiger partial charge is 0.298 e. The third kappa shape index (κ3) is 3.52. The van der Waals surface area contributed by atoms with Gasteiger partial charge in [0, 0.05) is 18.4 Å². The standard InChI is InChI=1S/C18H14N2O2S/c1-12(21)16-11-23-18(19-16)20-17(22)10-9-14-7-4-6-13-5-2-3-8-15(13)14/h2-11H,1H3,(H,19,20,22)/b10-9+. The molecule has 5 heteroatoms. The first kappa shape index (κ1) is 15.1. The molecule has 0 spiro atoms. The summed E-state index contributed by atoms with van der Waals surface area (Å²) >= 11 is 1.23. The number of hydrogen-bond donors (Lipinski definition) is 1. The number of nitrogens with zero attached hydrogens (tertiary/aromatic N) is 1. The predicted octanol–water partition coefficient (Wildman–Crippen LogP) is 4.15. The van der Waals surface area contributed by atoms with Crippen LogP contribution in [0.4, 0.5) is 5.13 Å². The minimum absolute atomic E-state index is 0.118. The summed E-state index contributed by atoms with van der Waals surface area (Å²) in [5, 5.41) is 6.93. The fourth-order valence-electron chi connectivity index (χ4n) is 2.20. The van der Waals surface area contributed by atoms with Gasteiger partial charge in [0.1, 0.15) is 5.69 Å². The first-order valence-corrected chi connectivity index (χ1v) is 7.95. The average molecular weight is 322 g/mol. The summed E-state index contributed by atoms with van der Waals surface area (Å²) in [6.45, 7) is 1.45. The minimum Gasteiger partial charge on any atom is -0.298 e. The molecule has 0 aliphatic heterocycles. The van der Waals surface area contributed by atoms with Crippen LogP contribution in [0, 0.1) is 0 Å². The highest BCUT2D eigenvalue weighted by Crippen LogP contribution is 2.20. The van der Waals surface area contributed by atoms with Crippen LogP contribution >= 0.6 is 11.3 Å². The Balaban J connectivity index is 1.76. The molecule has 3 aromatic rings. The number of Topliss-reactive ketones (excluding diaryl/α,β-unsaturated/α-hetero) is 1. The molecule has 23 heavy (non-hydrogen) atoms. The van der Waals surface area contributed by atoms with E-state index in [1.165, 1.54) is 24.3 Å². The number of thiazole rings is 1. The van der Waals surface area contributed by atoms with Gasteiger partial charge in [-0.05, 0) is 22.4 Å². The molecule has 2 aromatic carbocycles. The maximum absolute atomic E-state index is 12.0. The van der Waals surface area contributed by atoms with Crippen molar-refractivity contribution in [3.05, 3.63) is 65.2 Å². The summed E-state index contributed by atoms with van der Waals surface area (Å²) in [5.74, 6) is -0.393. The molecule has 0 bridgehead atoms. The second kappa shape index (κ2) is 6.54. The third-order valence-electron chi connectivity index (χ3n) is 3.33. The summed E-state index contributed by atoms with van der Waals surface area (Å²) in [4.78, 5) is 27.2. The van der Waals surface area contributed by atoms with Crippen LogP contribution in [0.25, 0.3) is 16.8 Å². The quantitative estimate of drug-likeness (QED) is 0.580. The highest BCUT2D eigenvalue weighted by atomic mass is 32.1. The molecule has 0 radical (unpaired) electrons. The number of fused-ring (bicyclic) bond motifs is 1. The summed E-state index contributed by atoms with van der Waals surface area (Å²) in [7, 11) is 0. The summed E-state index contributed by atoms with van der Waals surface area (Å²) in [5.41, 5.74) is 1.34. The Morgan fingerprint density at radius 1 is 1.13 bits per heavy atom. The average Bonchev–Trinajstić information content (AvgIpc) is 3.01. The zero-order chi connectivity index (χ0) is 16.2. The number of ketones is 1. The summed E-state index contributed by atoms with van der Waals surface area (Å²) < 4.78 is 0. The van der Waals surface area contributed by atoms with Gasteiger partial charge in [0.15, 0.2) is 10.9 Å². The maximum atomic E-state index is 12.0. The number of amides is 1. The first-order chi connectivity index (χ1) is 11.1. The molecule has 1 amide bonds. The Morgan fingerprint density at radius 3 is 2.70 bits per heavy atom. The number of anilines is 1. The lowest BCUT2D eigenvalue weighted by atomic mass is 10.0. The highest BCUT2D eigenvalue weighted by molar-refractivity contribution is 7.14. The summed E-state index contributed by atoms with van der Waals surface area (Å²) in [6, 6.07) is 14.0. The van der Waals surface area contributed by atoms with Gasteiger partial charge in [-0.2, -0.15) is 0 Å². The van der Waals surface area contributed by atoms with E-state index in [0.29, 0.717) is 10.8 Å². The van der Waals surface area contributed by atoms with Gasteiger partial charge in [-0.15, -0.1) is 11.3 Å². The normalized spacial score (nSPS) is 11.0. The molecule has 0 saturated heterocycles. The number of carbonyl (C=O) groups is 2. The van der Waals surface area contributed by atoms with E-state index >= 15 is 0 Å². The molecule has 0 atom stereocenters. The maximum Gasteiger partial charge on any atom is 0.250 e. The number of benzene rings is 2. The SMILES string of the molecule is CC(=O)c1csc(NC(=O)/C=C/c2cccc3ccccc23)n1. The van der Waals surface area contributed by atoms with Gasteiger partial charge in [0.05, 0.1) is 0 Å². The monoisotopic (exact) mass is 322 g/mol. The second-order valence-corrected chi connectivity index (χ2v) is 5.84. The molecule has 1 aromatic heterocycles. The molecule has 3 rings (SSSR count). The molecular formula is C18H14N2O2S. The Hall–Kier alpha value is -2.79. The van der Waals surface area contributed by atoms with Crippen molar-refractivity contribution in [2.75, 3.05) is 5.32 Å². The van der Waals surface area contributed by atoms with Crippen LogP contribution in [0.5, 0.6) is 0 Å². The fourth-order valence-corrected chi connectivity index (χ4v) is 2.95. The molecule has 0 saturated carbocycles. The smallest absolute Gasteiger partial charge is 0.250 e. The van der Waals surface area contributed by atoms with Crippen LogP contribution in [-0.4, -0.2) is 16.7 Å². The number of nitrogens with one attached hydrogen (secondary N) is 1. The van der Waals surface area contributed by atoms with Gasteiger partial charge < -0.3 is 0 Å². The Morgan fingerprint density at radius 2 is 1.91 bits per heavy atom. The Kier molecular flexibility index (Phi) is 4.30. The van der Waals surface area contributed by atoms with E-state index in [1.54, 1.807) is 11.5 Å². The van der Waals surface area contributed by atoms with Crippen molar-refractivity contribution in [2.45, 2.75) is 6.92 Å². The van der Waals surface area contributed by atoms with E-state index in [-0.39, 0.29) is 11.7 Å². The molecule has 0 unspecified atom stereocenters. The van der Waals surface area contributed by atoms with Crippen molar-refractivity contribution in [2.24, 2.45) is 0 Å². The highest BCUT2D eigenvalue weighted by Gasteiger charge is 2.07. The van der Waals surface area contributed by atoms with Crippen LogP contribution in [0.3, 0.4) is 0 Å². The van der Waals surface area contributed by atoms with E-state index in [1.807, 2.05) is 42.5 Å². The van der Waals surface area contributed by atoms with Crippen molar-refractivity contribution in [3.8, 4) is 0 Å². The number of aromatic nitrogens is 1. The van der Waals surface area contributed by atoms with Crippen molar-refractivity contribution in [1.29, 1.82) is 0 Å². The van der Waals surface area contributed by atoms with Gasteiger partial charge in [0.25, 0.3) is 0 Å². The van der Waals surface area contributed by atoms with E-state index in [9.17, 15) is 9.59 Å². The lowest BCUT2D eigenvalue weighted by Crippen LogP contribution is -2.07. The van der Waals surface area contributed by atoms with E-state index in [4.69, 9.17) is 0 Å². The first-order valence-electron chi connectivity index (χ1n) is 7.07. The van der Waals surface area contributed by atoms with E-state index in [0.717, 1.165) is 16.3 Å². The topological polar surface area (TPSA) is 59.1 Å². The fraction of sp³-hybridized carbons (Fsp3) is 0.0556. The molecule has 1 heterocycles. The lowest BCUT2D eigenvalue weighted by Gasteiger charge is -2.01. The Bertz CT molecular complexity index is 907. The van der Waals surface area contributed by atoms with Crippen molar-refractivity contribution >= 4 is 45.0 Å². The number of hydrogen-bond acceptors (Lipinski definition) is 4. The molecule has 0 aliphatic carbocycles. The molecule has 0 aliphatic rings. The van der Waals surface area contributed by atoms with Crippen LogP contribution < -0.4 is 5.32 Å². The minimum atomic E-state index is -0.276. The molecule has 114 valence electrons. The van der Waals surface area contributed by atoms with Gasteiger partial charge in [0.2, 0.25) is 5.91 Å². The van der Waals surface area contributed by atoms with Crippen molar-refractivity contribution < 1.29 is 9.59 Å². The van der Waals surface area contributed by atoms with Gasteiger partial charge >= 0.3 is 0 Å². The zero-order valence-electron chi connectivity index (χ0n) is 12.4. The van der Waals surface area contributed by atoms with Gasteiger partial charge in [-0.3, -0.25) is 14.9 Å². The second-order valence-electron chi connectivity index (χ2n) is 4.99. The molecule has 4 nitrogen and oxygen atoms in total. The molecule has 1 N–H and O–H groups in total. The van der Waals surface area contributed by atoms with E-state index < -0.39 is 0 Å². The number of rotatable bonds is 4. The molecule has 0 fully saturated rings. The van der Waals surface area contributed by atoms with Crippen LogP contribution in [0.15, 0.2) is 53.9 Å². The zero-order valence-corrected chi connectivity index (χ0v) is 13.3.